The Balaban J connectivity index is 2.21. The number of nitrogens with zero attached hydrogens (tertiary/aromatic N) is 3. The molecule has 0 N–H and O–H groups in total. The maximum Gasteiger partial charge on any atom is 0.280 e. The summed E-state index contributed by atoms with van der Waals surface area (Å²) in [4.78, 5) is 16.9. The first kappa shape index (κ1) is 13.3. The highest BCUT2D eigenvalue weighted by molar-refractivity contribution is 5.94. The van der Waals surface area contributed by atoms with Crippen molar-refractivity contribution in [3.63, 3.8) is 0 Å². The van der Waals surface area contributed by atoms with E-state index in [-0.39, 0.29) is 5.91 Å². The summed E-state index contributed by atoms with van der Waals surface area (Å²) >= 11 is 0. The first-order valence-electron chi connectivity index (χ1n) is 6.02. The van der Waals surface area contributed by atoms with E-state index in [9.17, 15) is 4.79 Å². The van der Waals surface area contributed by atoms with Gasteiger partial charge in [0.1, 0.15) is 0 Å². The summed E-state index contributed by atoms with van der Waals surface area (Å²) in [7, 11) is 3.04. The fraction of sp³-hybridized carbons (Fsp3) is 0.286. The average molecular weight is 259 g/mol. The Morgan fingerprint density at radius 1 is 1.37 bits per heavy atom. The van der Waals surface area contributed by atoms with Crippen LogP contribution in [0.1, 0.15) is 21.6 Å². The Hall–Kier alpha value is -2.14. The Kier molecular flexibility index (Phi) is 3.97. The molecule has 1 aromatic carbocycles. The molecule has 1 aromatic heterocycles. The van der Waals surface area contributed by atoms with Gasteiger partial charge in [-0.05, 0) is 12.5 Å². The minimum absolute atomic E-state index is 0.195. The molecule has 0 unspecified atom stereocenters. The summed E-state index contributed by atoms with van der Waals surface area (Å²) in [6.07, 6.45) is 1.58. The van der Waals surface area contributed by atoms with Crippen molar-refractivity contribution in [1.82, 2.24) is 14.8 Å². The minimum atomic E-state index is -0.195. The normalized spacial score (nSPS) is 10.5. The van der Waals surface area contributed by atoms with Crippen LogP contribution < -0.4 is 0 Å². The molecule has 0 saturated heterocycles. The summed E-state index contributed by atoms with van der Waals surface area (Å²) in [6.45, 7) is 2.53. The fourth-order valence-electron chi connectivity index (χ4n) is 1.82. The number of aromatic nitrogens is 2. The Labute approximate surface area is 112 Å². The third-order valence-corrected chi connectivity index (χ3v) is 3.07. The third-order valence-electron chi connectivity index (χ3n) is 3.07. The number of benzene rings is 1. The molecular formula is C14H17N3O2. The average Bonchev–Trinajstić information content (AvgIpc) is 2.80. The van der Waals surface area contributed by atoms with E-state index in [1.54, 1.807) is 13.2 Å². The van der Waals surface area contributed by atoms with Crippen LogP contribution in [-0.4, -0.2) is 34.9 Å². The lowest BCUT2D eigenvalue weighted by Crippen LogP contribution is -2.25. The molecule has 0 atom stereocenters. The van der Waals surface area contributed by atoms with Crippen molar-refractivity contribution in [2.75, 3.05) is 14.2 Å². The number of carbonyl (C=O) groups is 1. The van der Waals surface area contributed by atoms with Gasteiger partial charge in [0, 0.05) is 12.7 Å². The van der Waals surface area contributed by atoms with Gasteiger partial charge in [-0.25, -0.2) is 5.06 Å². The molecule has 0 aliphatic heterocycles. The van der Waals surface area contributed by atoms with Crippen molar-refractivity contribution in [3.8, 4) is 0 Å². The van der Waals surface area contributed by atoms with Crippen LogP contribution in [-0.2, 0) is 11.4 Å². The molecule has 0 saturated carbocycles. The zero-order valence-electron chi connectivity index (χ0n) is 11.3. The van der Waals surface area contributed by atoms with Gasteiger partial charge < -0.3 is 0 Å². The number of hydroxylamine groups is 2. The first-order chi connectivity index (χ1) is 9.13. The van der Waals surface area contributed by atoms with E-state index in [4.69, 9.17) is 4.84 Å². The quantitative estimate of drug-likeness (QED) is 0.788. The molecule has 0 bridgehead atoms. The van der Waals surface area contributed by atoms with E-state index in [2.05, 4.69) is 5.10 Å². The minimum Gasteiger partial charge on any atom is -0.274 e. The molecule has 5 nitrogen and oxygen atoms in total. The van der Waals surface area contributed by atoms with Crippen molar-refractivity contribution in [1.29, 1.82) is 0 Å². The largest absolute Gasteiger partial charge is 0.280 e. The monoisotopic (exact) mass is 259 g/mol. The lowest BCUT2D eigenvalue weighted by Gasteiger charge is -2.13. The highest BCUT2D eigenvalue weighted by Crippen LogP contribution is 2.12. The van der Waals surface area contributed by atoms with Crippen LogP contribution >= 0.6 is 0 Å². The Morgan fingerprint density at radius 3 is 2.68 bits per heavy atom. The van der Waals surface area contributed by atoms with Crippen LogP contribution in [0, 0.1) is 6.92 Å². The lowest BCUT2D eigenvalue weighted by atomic mass is 10.2. The van der Waals surface area contributed by atoms with Gasteiger partial charge in [-0.15, -0.1) is 0 Å². The Morgan fingerprint density at radius 2 is 2.05 bits per heavy atom. The van der Waals surface area contributed by atoms with Gasteiger partial charge in [0.25, 0.3) is 5.91 Å². The standard InChI is InChI=1S/C14H17N3O2/c1-11-13(14(18)16(2)19-3)9-15-17(11)10-12-7-5-4-6-8-12/h4-9H,10H2,1-3H3. The van der Waals surface area contributed by atoms with Gasteiger partial charge >= 0.3 is 0 Å². The van der Waals surface area contributed by atoms with Crippen LogP contribution in [0.25, 0.3) is 0 Å². The molecule has 5 heteroatoms. The highest BCUT2D eigenvalue weighted by Gasteiger charge is 2.17. The van der Waals surface area contributed by atoms with E-state index >= 15 is 0 Å². The van der Waals surface area contributed by atoms with E-state index < -0.39 is 0 Å². The predicted molar refractivity (Wildman–Crippen MR) is 71.6 cm³/mol. The second-order valence-corrected chi connectivity index (χ2v) is 4.27. The van der Waals surface area contributed by atoms with Crippen LogP contribution in [0.15, 0.2) is 36.5 Å². The molecule has 1 amide bonds. The van der Waals surface area contributed by atoms with Crippen LogP contribution in [0.2, 0.25) is 0 Å². The van der Waals surface area contributed by atoms with Gasteiger partial charge in [-0.1, -0.05) is 30.3 Å². The van der Waals surface area contributed by atoms with Gasteiger partial charge in [0.15, 0.2) is 0 Å². The molecular weight excluding hydrogens is 242 g/mol. The summed E-state index contributed by atoms with van der Waals surface area (Å²) < 4.78 is 1.81. The highest BCUT2D eigenvalue weighted by atomic mass is 16.7. The summed E-state index contributed by atoms with van der Waals surface area (Å²) in [5, 5.41) is 5.45. The van der Waals surface area contributed by atoms with Crippen LogP contribution in [0.5, 0.6) is 0 Å². The number of hydrogen-bond acceptors (Lipinski definition) is 3. The molecule has 100 valence electrons. The molecule has 2 rings (SSSR count). The summed E-state index contributed by atoms with van der Waals surface area (Å²) in [6, 6.07) is 10.0. The molecule has 19 heavy (non-hydrogen) atoms. The van der Waals surface area contributed by atoms with Gasteiger partial charge in [-0.2, -0.15) is 5.10 Å². The number of hydrogen-bond donors (Lipinski definition) is 0. The van der Waals surface area contributed by atoms with Gasteiger partial charge in [0.05, 0.1) is 25.4 Å². The second-order valence-electron chi connectivity index (χ2n) is 4.27. The zero-order valence-corrected chi connectivity index (χ0v) is 11.3. The maximum absolute atomic E-state index is 12.0. The summed E-state index contributed by atoms with van der Waals surface area (Å²) in [5.74, 6) is -0.195. The molecule has 0 radical (unpaired) electrons. The molecule has 0 aliphatic rings. The number of carbonyl (C=O) groups excluding carboxylic acids is 1. The molecule has 0 spiro atoms. The van der Waals surface area contributed by atoms with Crippen molar-refractivity contribution < 1.29 is 9.63 Å². The number of amides is 1. The molecule has 0 aliphatic carbocycles. The number of rotatable bonds is 4. The smallest absolute Gasteiger partial charge is 0.274 e. The van der Waals surface area contributed by atoms with Gasteiger partial charge in [-0.3, -0.25) is 14.3 Å². The van der Waals surface area contributed by atoms with E-state index in [0.29, 0.717) is 12.1 Å². The maximum atomic E-state index is 12.0. The second kappa shape index (κ2) is 5.67. The van der Waals surface area contributed by atoms with Crippen molar-refractivity contribution in [2.24, 2.45) is 0 Å². The van der Waals surface area contributed by atoms with E-state index in [1.807, 2.05) is 41.9 Å². The van der Waals surface area contributed by atoms with Crippen molar-refractivity contribution in [3.05, 3.63) is 53.3 Å². The first-order valence-corrected chi connectivity index (χ1v) is 6.02. The topological polar surface area (TPSA) is 47.4 Å². The third kappa shape index (κ3) is 2.82. The molecule has 1 heterocycles. The van der Waals surface area contributed by atoms with Gasteiger partial charge in [0.2, 0.25) is 0 Å². The fourth-order valence-corrected chi connectivity index (χ4v) is 1.82. The van der Waals surface area contributed by atoms with Crippen LogP contribution in [0.3, 0.4) is 0 Å². The molecule has 0 fully saturated rings. The van der Waals surface area contributed by atoms with E-state index in [0.717, 1.165) is 11.3 Å². The Bertz CT molecular complexity index is 563. The predicted octanol–water partition coefficient (Wildman–Crippen LogP) is 1.87. The summed E-state index contributed by atoms with van der Waals surface area (Å²) in [5.41, 5.74) is 2.53. The molecule has 2 aromatic rings. The lowest BCUT2D eigenvalue weighted by molar-refractivity contribution is -0.0757. The van der Waals surface area contributed by atoms with Crippen LogP contribution in [0.4, 0.5) is 0 Å². The van der Waals surface area contributed by atoms with E-state index in [1.165, 1.54) is 12.2 Å². The SMILES string of the molecule is CON(C)C(=O)c1cnn(Cc2ccccc2)c1C. The van der Waals surface area contributed by atoms with Crippen molar-refractivity contribution in [2.45, 2.75) is 13.5 Å². The zero-order chi connectivity index (χ0) is 13.8. The van der Waals surface area contributed by atoms with Crippen molar-refractivity contribution >= 4 is 5.91 Å².